The van der Waals surface area contributed by atoms with E-state index in [2.05, 4.69) is 5.92 Å². The summed E-state index contributed by atoms with van der Waals surface area (Å²) in [5.41, 5.74) is 5.71. The zero-order valence-corrected chi connectivity index (χ0v) is 7.76. The highest BCUT2D eigenvalue weighted by Crippen LogP contribution is 2.32. The number of nitrogens with two attached hydrogens (primary N) is 1. The van der Waals surface area contributed by atoms with Crippen LogP contribution in [0.4, 0.5) is 0 Å². The molecule has 1 nitrogen and oxygen atoms in total. The molecule has 1 fully saturated rings. The van der Waals surface area contributed by atoms with Gasteiger partial charge in [-0.3, -0.25) is 0 Å². The molecule has 0 aromatic heterocycles. The van der Waals surface area contributed by atoms with E-state index in [0.29, 0.717) is 0 Å². The second-order valence-corrected chi connectivity index (χ2v) is 3.78. The Bertz CT molecular complexity index is 157. The van der Waals surface area contributed by atoms with Crippen molar-refractivity contribution in [2.24, 2.45) is 17.6 Å². The lowest BCUT2D eigenvalue weighted by Gasteiger charge is -2.30. The number of rotatable bonds is 3. The van der Waals surface area contributed by atoms with Crippen molar-refractivity contribution in [3.63, 3.8) is 0 Å². The van der Waals surface area contributed by atoms with E-state index in [1.807, 2.05) is 0 Å². The zero-order valence-electron chi connectivity index (χ0n) is 7.76. The lowest BCUT2D eigenvalue weighted by molar-refractivity contribution is 0.232. The number of terminal acetylenes is 1. The summed E-state index contributed by atoms with van der Waals surface area (Å²) in [5.74, 6) is 4.29. The van der Waals surface area contributed by atoms with Gasteiger partial charge in [0, 0.05) is 6.42 Å². The van der Waals surface area contributed by atoms with Crippen LogP contribution in [-0.2, 0) is 0 Å². The predicted molar refractivity (Wildman–Crippen MR) is 52.6 cm³/mol. The van der Waals surface area contributed by atoms with Gasteiger partial charge in [0.2, 0.25) is 0 Å². The van der Waals surface area contributed by atoms with Crippen LogP contribution < -0.4 is 5.73 Å². The van der Waals surface area contributed by atoms with Gasteiger partial charge in [0.15, 0.2) is 0 Å². The largest absolute Gasteiger partial charge is 0.330 e. The van der Waals surface area contributed by atoms with Crippen molar-refractivity contribution >= 4 is 0 Å². The molecule has 0 aliphatic heterocycles. The molecule has 0 aromatic rings. The first-order chi connectivity index (χ1) is 5.88. The minimum absolute atomic E-state index is 0.757. The topological polar surface area (TPSA) is 26.0 Å². The van der Waals surface area contributed by atoms with Crippen molar-refractivity contribution < 1.29 is 0 Å². The van der Waals surface area contributed by atoms with Gasteiger partial charge < -0.3 is 5.73 Å². The summed E-state index contributed by atoms with van der Waals surface area (Å²) in [6, 6.07) is 0. The molecule has 0 bridgehead atoms. The highest BCUT2D eigenvalue weighted by molar-refractivity contribution is 4.86. The van der Waals surface area contributed by atoms with E-state index >= 15 is 0 Å². The molecule has 1 rings (SSSR count). The van der Waals surface area contributed by atoms with Gasteiger partial charge in [0.1, 0.15) is 0 Å². The van der Waals surface area contributed by atoms with Gasteiger partial charge in [-0.15, -0.1) is 12.3 Å². The average molecular weight is 165 g/mol. The molecule has 0 amide bonds. The van der Waals surface area contributed by atoms with E-state index in [-0.39, 0.29) is 0 Å². The van der Waals surface area contributed by atoms with Crippen molar-refractivity contribution in [2.45, 2.75) is 38.5 Å². The Morgan fingerprint density at radius 3 is 2.50 bits per heavy atom. The highest BCUT2D eigenvalue weighted by atomic mass is 14.6. The first-order valence-electron chi connectivity index (χ1n) is 5.02. The van der Waals surface area contributed by atoms with Crippen LogP contribution in [0.2, 0.25) is 0 Å². The Hall–Kier alpha value is -0.480. The normalized spacial score (nSPS) is 29.7. The molecular weight excluding hydrogens is 146 g/mol. The van der Waals surface area contributed by atoms with Gasteiger partial charge >= 0.3 is 0 Å². The Morgan fingerprint density at radius 2 is 1.92 bits per heavy atom. The number of hydrogen-bond donors (Lipinski definition) is 1. The Kier molecular flexibility index (Phi) is 4.18. The van der Waals surface area contributed by atoms with Crippen LogP contribution in [0.3, 0.4) is 0 Å². The molecule has 0 spiro atoms. The molecule has 0 heterocycles. The van der Waals surface area contributed by atoms with Gasteiger partial charge in [-0.1, -0.05) is 19.3 Å². The van der Waals surface area contributed by atoms with Gasteiger partial charge in [-0.05, 0) is 31.2 Å². The third-order valence-corrected chi connectivity index (χ3v) is 3.03. The molecule has 2 unspecified atom stereocenters. The summed E-state index contributed by atoms with van der Waals surface area (Å²) >= 11 is 0. The van der Waals surface area contributed by atoms with E-state index in [4.69, 9.17) is 12.2 Å². The van der Waals surface area contributed by atoms with Gasteiger partial charge in [0.25, 0.3) is 0 Å². The van der Waals surface area contributed by atoms with E-state index in [9.17, 15) is 0 Å². The maximum atomic E-state index is 5.71. The standard InChI is InChI=1S/C11H19N/c1-2-3-6-10-7-4-5-8-11(10)9-12/h1,10-11H,3-9,12H2. The molecular formula is C11H19N. The summed E-state index contributed by atoms with van der Waals surface area (Å²) in [6.45, 7) is 0.856. The molecule has 2 N–H and O–H groups in total. The van der Waals surface area contributed by atoms with E-state index in [1.165, 1.54) is 32.1 Å². The smallest absolute Gasteiger partial charge is 0.00888 e. The van der Waals surface area contributed by atoms with E-state index < -0.39 is 0 Å². The summed E-state index contributed by atoms with van der Waals surface area (Å²) in [4.78, 5) is 0. The van der Waals surface area contributed by atoms with E-state index in [1.54, 1.807) is 0 Å². The third-order valence-electron chi connectivity index (χ3n) is 3.03. The summed E-state index contributed by atoms with van der Waals surface area (Å²) in [7, 11) is 0. The first kappa shape index (κ1) is 9.61. The monoisotopic (exact) mass is 165 g/mol. The zero-order chi connectivity index (χ0) is 8.81. The average Bonchev–Trinajstić information content (AvgIpc) is 2.15. The fraction of sp³-hybridized carbons (Fsp3) is 0.818. The SMILES string of the molecule is C#CCCC1CCCCC1CN. The van der Waals surface area contributed by atoms with Gasteiger partial charge in [0.05, 0.1) is 0 Å². The second kappa shape index (κ2) is 5.22. The van der Waals surface area contributed by atoms with Crippen LogP contribution in [0, 0.1) is 24.2 Å². The maximum absolute atomic E-state index is 5.71. The van der Waals surface area contributed by atoms with Crippen LogP contribution in [-0.4, -0.2) is 6.54 Å². The highest BCUT2D eigenvalue weighted by Gasteiger charge is 2.22. The predicted octanol–water partition coefficient (Wildman–Crippen LogP) is 2.16. The molecule has 2 atom stereocenters. The van der Waals surface area contributed by atoms with Crippen molar-refractivity contribution in [3.8, 4) is 12.3 Å². The molecule has 1 aliphatic carbocycles. The Labute approximate surface area is 75.7 Å². The molecule has 0 radical (unpaired) electrons. The molecule has 0 saturated heterocycles. The van der Waals surface area contributed by atoms with Gasteiger partial charge in [-0.25, -0.2) is 0 Å². The summed E-state index contributed by atoms with van der Waals surface area (Å²) < 4.78 is 0. The molecule has 1 heteroatoms. The molecule has 12 heavy (non-hydrogen) atoms. The second-order valence-electron chi connectivity index (χ2n) is 3.78. The van der Waals surface area contributed by atoms with E-state index in [0.717, 1.165) is 24.8 Å². The Morgan fingerprint density at radius 1 is 1.25 bits per heavy atom. The van der Waals surface area contributed by atoms with Crippen LogP contribution in [0.5, 0.6) is 0 Å². The molecule has 1 aliphatic rings. The third kappa shape index (κ3) is 2.53. The maximum Gasteiger partial charge on any atom is 0.00888 e. The van der Waals surface area contributed by atoms with Crippen LogP contribution >= 0.6 is 0 Å². The van der Waals surface area contributed by atoms with Crippen LogP contribution in [0.25, 0.3) is 0 Å². The minimum atomic E-state index is 0.757. The molecule has 1 saturated carbocycles. The molecule has 0 aromatic carbocycles. The summed E-state index contributed by atoms with van der Waals surface area (Å²) in [6.07, 6.45) is 12.8. The van der Waals surface area contributed by atoms with Crippen molar-refractivity contribution in [1.29, 1.82) is 0 Å². The first-order valence-corrected chi connectivity index (χ1v) is 5.02. The molecule has 68 valence electrons. The van der Waals surface area contributed by atoms with Gasteiger partial charge in [-0.2, -0.15) is 0 Å². The van der Waals surface area contributed by atoms with Crippen molar-refractivity contribution in [3.05, 3.63) is 0 Å². The van der Waals surface area contributed by atoms with Crippen molar-refractivity contribution in [1.82, 2.24) is 0 Å². The summed E-state index contributed by atoms with van der Waals surface area (Å²) in [5, 5.41) is 0. The van der Waals surface area contributed by atoms with Crippen LogP contribution in [0.15, 0.2) is 0 Å². The van der Waals surface area contributed by atoms with Crippen LogP contribution in [0.1, 0.15) is 38.5 Å². The Balaban J connectivity index is 2.32. The fourth-order valence-electron chi connectivity index (χ4n) is 2.24. The lowest BCUT2D eigenvalue weighted by Crippen LogP contribution is -2.26. The minimum Gasteiger partial charge on any atom is -0.330 e. The quantitative estimate of drug-likeness (QED) is 0.637. The fourth-order valence-corrected chi connectivity index (χ4v) is 2.24. The lowest BCUT2D eigenvalue weighted by atomic mass is 9.77. The number of hydrogen-bond acceptors (Lipinski definition) is 1. The van der Waals surface area contributed by atoms with Crippen molar-refractivity contribution in [2.75, 3.05) is 6.54 Å².